The molecule has 2 atom stereocenters. The maximum atomic E-state index is 11.6. The predicted octanol–water partition coefficient (Wildman–Crippen LogP) is 0.147. The van der Waals surface area contributed by atoms with E-state index in [-0.39, 0.29) is 17.6 Å². The molecule has 1 aliphatic rings. The lowest BCUT2D eigenvalue weighted by Gasteiger charge is -2.30. The summed E-state index contributed by atoms with van der Waals surface area (Å²) in [5.74, 6) is -1.25. The molecule has 6 heteroatoms. The van der Waals surface area contributed by atoms with Gasteiger partial charge in [-0.05, 0) is 27.2 Å². The fraction of sp³-hybridized carbons (Fsp3) is 0.818. The van der Waals surface area contributed by atoms with E-state index in [1.54, 1.807) is 0 Å². The summed E-state index contributed by atoms with van der Waals surface area (Å²) >= 11 is 0. The highest BCUT2D eigenvalue weighted by Crippen LogP contribution is 2.11. The lowest BCUT2D eigenvalue weighted by Crippen LogP contribution is -2.55. The molecule has 6 nitrogen and oxygen atoms in total. The van der Waals surface area contributed by atoms with Crippen molar-refractivity contribution in [1.29, 1.82) is 0 Å². The summed E-state index contributed by atoms with van der Waals surface area (Å²) in [6.07, 6.45) is 0.472. The van der Waals surface area contributed by atoms with Gasteiger partial charge in [0, 0.05) is 24.7 Å². The van der Waals surface area contributed by atoms with Crippen LogP contribution in [-0.2, 0) is 4.79 Å². The summed E-state index contributed by atoms with van der Waals surface area (Å²) < 4.78 is 0. The van der Waals surface area contributed by atoms with Gasteiger partial charge in [-0.25, -0.2) is 4.79 Å². The first kappa shape index (κ1) is 13.8. The van der Waals surface area contributed by atoms with Crippen LogP contribution in [0.5, 0.6) is 0 Å². The van der Waals surface area contributed by atoms with Crippen LogP contribution in [0.3, 0.4) is 0 Å². The number of hydrogen-bond donors (Lipinski definition) is 4. The van der Waals surface area contributed by atoms with Crippen LogP contribution in [0.2, 0.25) is 0 Å². The van der Waals surface area contributed by atoms with E-state index < -0.39 is 11.9 Å². The number of urea groups is 1. The Morgan fingerprint density at radius 3 is 2.47 bits per heavy atom. The summed E-state index contributed by atoms with van der Waals surface area (Å²) in [4.78, 5) is 22.5. The van der Waals surface area contributed by atoms with Gasteiger partial charge in [0.1, 0.15) is 0 Å². The van der Waals surface area contributed by atoms with Gasteiger partial charge >= 0.3 is 12.0 Å². The Labute approximate surface area is 101 Å². The number of carbonyl (C=O) groups is 2. The number of hydrogen-bond acceptors (Lipinski definition) is 3. The van der Waals surface area contributed by atoms with E-state index in [1.165, 1.54) is 0 Å². The molecule has 0 aromatic rings. The van der Waals surface area contributed by atoms with Gasteiger partial charge < -0.3 is 21.1 Å². The molecule has 4 N–H and O–H groups in total. The molecule has 1 saturated heterocycles. The number of amides is 2. The van der Waals surface area contributed by atoms with E-state index in [9.17, 15) is 9.59 Å². The van der Waals surface area contributed by atoms with Crippen molar-refractivity contribution in [2.45, 2.75) is 38.8 Å². The molecular weight excluding hydrogens is 222 g/mol. The van der Waals surface area contributed by atoms with Crippen LogP contribution in [0.1, 0.15) is 27.2 Å². The van der Waals surface area contributed by atoms with Crippen molar-refractivity contribution in [2.24, 2.45) is 5.92 Å². The second-order valence-electron chi connectivity index (χ2n) is 5.47. The quantitative estimate of drug-likeness (QED) is 0.555. The Kier molecular flexibility index (Phi) is 4.34. The summed E-state index contributed by atoms with van der Waals surface area (Å²) in [5.41, 5.74) is -0.293. The first-order valence-electron chi connectivity index (χ1n) is 5.80. The topological polar surface area (TPSA) is 90.5 Å². The highest BCUT2D eigenvalue weighted by Gasteiger charge is 2.28. The van der Waals surface area contributed by atoms with Crippen molar-refractivity contribution in [3.63, 3.8) is 0 Å². The summed E-state index contributed by atoms with van der Waals surface area (Å²) in [6.45, 7) is 6.76. The van der Waals surface area contributed by atoms with E-state index >= 15 is 0 Å². The van der Waals surface area contributed by atoms with E-state index in [4.69, 9.17) is 5.11 Å². The van der Waals surface area contributed by atoms with Crippen molar-refractivity contribution in [3.8, 4) is 0 Å². The third-order valence-electron chi connectivity index (χ3n) is 2.52. The molecular formula is C11H21N3O3. The first-order chi connectivity index (χ1) is 7.78. The highest BCUT2D eigenvalue weighted by molar-refractivity contribution is 5.75. The molecule has 2 amide bonds. The molecule has 17 heavy (non-hydrogen) atoms. The van der Waals surface area contributed by atoms with Crippen molar-refractivity contribution in [1.82, 2.24) is 16.0 Å². The average Bonchev–Trinajstić information content (AvgIpc) is 2.14. The molecule has 0 aromatic carbocycles. The van der Waals surface area contributed by atoms with Gasteiger partial charge in [-0.15, -0.1) is 0 Å². The van der Waals surface area contributed by atoms with Gasteiger partial charge in [0.15, 0.2) is 0 Å². The van der Waals surface area contributed by atoms with Gasteiger partial charge in [-0.1, -0.05) is 0 Å². The Morgan fingerprint density at radius 2 is 1.94 bits per heavy atom. The first-order valence-corrected chi connectivity index (χ1v) is 5.80. The monoisotopic (exact) mass is 243 g/mol. The normalized spacial score (nSPS) is 25.1. The number of nitrogens with one attached hydrogen (secondary N) is 3. The molecule has 0 spiro atoms. The maximum absolute atomic E-state index is 11.6. The molecule has 0 saturated carbocycles. The molecule has 0 aliphatic carbocycles. The van der Waals surface area contributed by atoms with Crippen molar-refractivity contribution >= 4 is 12.0 Å². The van der Waals surface area contributed by atoms with Crippen LogP contribution in [-0.4, -0.2) is 41.8 Å². The zero-order valence-corrected chi connectivity index (χ0v) is 10.5. The van der Waals surface area contributed by atoms with Crippen molar-refractivity contribution in [2.75, 3.05) is 13.1 Å². The van der Waals surface area contributed by atoms with Gasteiger partial charge in [0.25, 0.3) is 0 Å². The molecule has 2 unspecified atom stereocenters. The lowest BCUT2D eigenvalue weighted by molar-refractivity contribution is -0.142. The zero-order chi connectivity index (χ0) is 13.1. The third kappa shape index (κ3) is 5.04. The summed E-state index contributed by atoms with van der Waals surface area (Å²) in [6, 6.07) is -0.387. The van der Waals surface area contributed by atoms with E-state index in [1.807, 2.05) is 20.8 Å². The Hall–Kier alpha value is -1.30. The minimum absolute atomic E-state index is 0.132. The van der Waals surface area contributed by atoms with Crippen LogP contribution in [0.4, 0.5) is 4.79 Å². The standard InChI is InChI=1S/C11H21N3O3/c1-11(2,3)14-10(17)13-8-4-7(9(15)16)5-12-6-8/h7-8,12H,4-6H2,1-3H3,(H,15,16)(H2,13,14,17). The molecule has 98 valence electrons. The molecule has 1 aliphatic heterocycles. The van der Waals surface area contributed by atoms with Gasteiger partial charge in [-0.3, -0.25) is 4.79 Å². The third-order valence-corrected chi connectivity index (χ3v) is 2.52. The van der Waals surface area contributed by atoms with Crippen LogP contribution in [0.15, 0.2) is 0 Å². The van der Waals surface area contributed by atoms with E-state index in [0.717, 1.165) is 0 Å². The fourth-order valence-electron chi connectivity index (χ4n) is 1.80. The summed E-state index contributed by atoms with van der Waals surface area (Å²) in [7, 11) is 0. The molecule has 1 rings (SSSR count). The number of piperidine rings is 1. The molecule has 0 bridgehead atoms. The number of carboxylic acids is 1. The van der Waals surface area contributed by atoms with E-state index in [2.05, 4.69) is 16.0 Å². The van der Waals surface area contributed by atoms with Gasteiger partial charge in [-0.2, -0.15) is 0 Å². The number of carbonyl (C=O) groups excluding carboxylic acids is 1. The van der Waals surface area contributed by atoms with Crippen molar-refractivity contribution < 1.29 is 14.7 Å². The smallest absolute Gasteiger partial charge is 0.315 e. The number of carboxylic acid groups (broad SMARTS) is 1. The zero-order valence-electron chi connectivity index (χ0n) is 10.5. The predicted molar refractivity (Wildman–Crippen MR) is 63.8 cm³/mol. The lowest BCUT2D eigenvalue weighted by atomic mass is 9.96. The number of aliphatic carboxylic acids is 1. The Balaban J connectivity index is 2.41. The Morgan fingerprint density at radius 1 is 1.29 bits per heavy atom. The van der Waals surface area contributed by atoms with Gasteiger partial charge in [0.2, 0.25) is 0 Å². The molecule has 1 heterocycles. The minimum atomic E-state index is -0.819. The van der Waals surface area contributed by atoms with Crippen LogP contribution in [0, 0.1) is 5.92 Å². The SMILES string of the molecule is CC(C)(C)NC(=O)NC1CNCC(C(=O)O)C1. The Bertz CT molecular complexity index is 299. The average molecular weight is 243 g/mol. The second-order valence-corrected chi connectivity index (χ2v) is 5.47. The maximum Gasteiger partial charge on any atom is 0.315 e. The van der Waals surface area contributed by atoms with Gasteiger partial charge in [0.05, 0.1) is 5.92 Å². The molecule has 0 aromatic heterocycles. The molecule has 1 fully saturated rings. The largest absolute Gasteiger partial charge is 0.481 e. The fourth-order valence-corrected chi connectivity index (χ4v) is 1.80. The minimum Gasteiger partial charge on any atom is -0.481 e. The van der Waals surface area contributed by atoms with E-state index in [0.29, 0.717) is 19.5 Å². The molecule has 0 radical (unpaired) electrons. The van der Waals surface area contributed by atoms with Crippen molar-refractivity contribution in [3.05, 3.63) is 0 Å². The highest BCUT2D eigenvalue weighted by atomic mass is 16.4. The van der Waals surface area contributed by atoms with Crippen LogP contribution >= 0.6 is 0 Å². The van der Waals surface area contributed by atoms with Crippen LogP contribution in [0.25, 0.3) is 0 Å². The summed E-state index contributed by atoms with van der Waals surface area (Å²) in [5, 5.41) is 17.5. The second kappa shape index (κ2) is 5.35. The van der Waals surface area contributed by atoms with Crippen LogP contribution < -0.4 is 16.0 Å². The number of rotatable bonds is 2.